The van der Waals surface area contributed by atoms with Crippen molar-refractivity contribution in [2.75, 3.05) is 0 Å². The first-order valence-corrected chi connectivity index (χ1v) is 7.93. The molecule has 0 atom stereocenters. The fraction of sp³-hybridized carbons (Fsp3) is 0.100. The Morgan fingerprint density at radius 2 is 1.96 bits per heavy atom. The summed E-state index contributed by atoms with van der Waals surface area (Å²) in [5, 5.41) is 14.8. The van der Waals surface area contributed by atoms with Crippen molar-refractivity contribution in [3.05, 3.63) is 78.0 Å². The van der Waals surface area contributed by atoms with E-state index in [0.29, 0.717) is 6.54 Å². The van der Waals surface area contributed by atoms with Crippen molar-refractivity contribution in [3.63, 3.8) is 0 Å². The predicted octanol–water partition coefficient (Wildman–Crippen LogP) is 3.61. The SMILES string of the molecule is C=CCn1c(C)c(/C=N\NC(=O)c2ccccc2O)c2ccccc21. The number of amides is 1. The van der Waals surface area contributed by atoms with Crippen molar-refractivity contribution in [3.8, 4) is 5.75 Å². The van der Waals surface area contributed by atoms with Gasteiger partial charge in [0, 0.05) is 28.7 Å². The zero-order valence-corrected chi connectivity index (χ0v) is 13.9. The molecule has 0 unspecified atom stereocenters. The number of allylic oxidation sites excluding steroid dienone is 1. The van der Waals surface area contributed by atoms with Gasteiger partial charge in [-0.3, -0.25) is 4.79 Å². The number of phenolic OH excluding ortho intramolecular Hbond substituents is 1. The van der Waals surface area contributed by atoms with Gasteiger partial charge < -0.3 is 9.67 Å². The van der Waals surface area contributed by atoms with Crippen molar-refractivity contribution in [2.24, 2.45) is 5.10 Å². The number of benzene rings is 2. The first-order chi connectivity index (χ1) is 12.1. The number of hydrogen-bond acceptors (Lipinski definition) is 3. The van der Waals surface area contributed by atoms with Gasteiger partial charge in [0.05, 0.1) is 11.8 Å². The predicted molar refractivity (Wildman–Crippen MR) is 100 cm³/mol. The third kappa shape index (κ3) is 3.17. The maximum atomic E-state index is 12.1. The second-order valence-corrected chi connectivity index (χ2v) is 5.63. The number of nitrogens with one attached hydrogen (secondary N) is 1. The minimum Gasteiger partial charge on any atom is -0.507 e. The molecule has 25 heavy (non-hydrogen) atoms. The van der Waals surface area contributed by atoms with Crippen LogP contribution in [0.15, 0.2) is 66.3 Å². The van der Waals surface area contributed by atoms with Crippen molar-refractivity contribution in [1.29, 1.82) is 0 Å². The summed E-state index contributed by atoms with van der Waals surface area (Å²) in [5.74, 6) is -0.532. The van der Waals surface area contributed by atoms with Crippen LogP contribution >= 0.6 is 0 Å². The Balaban J connectivity index is 1.89. The summed E-state index contributed by atoms with van der Waals surface area (Å²) < 4.78 is 2.15. The van der Waals surface area contributed by atoms with Gasteiger partial charge in [0.25, 0.3) is 5.91 Å². The smallest absolute Gasteiger partial charge is 0.275 e. The van der Waals surface area contributed by atoms with E-state index in [4.69, 9.17) is 0 Å². The fourth-order valence-electron chi connectivity index (χ4n) is 2.87. The Morgan fingerprint density at radius 3 is 2.72 bits per heavy atom. The molecule has 2 N–H and O–H groups in total. The van der Waals surface area contributed by atoms with Gasteiger partial charge in [-0.1, -0.05) is 36.4 Å². The summed E-state index contributed by atoms with van der Waals surface area (Å²) in [4.78, 5) is 12.1. The lowest BCUT2D eigenvalue weighted by molar-refractivity contribution is 0.0952. The van der Waals surface area contributed by atoms with Crippen molar-refractivity contribution in [2.45, 2.75) is 13.5 Å². The van der Waals surface area contributed by atoms with E-state index in [0.717, 1.165) is 22.2 Å². The molecule has 0 saturated carbocycles. The Morgan fingerprint density at radius 1 is 1.24 bits per heavy atom. The van der Waals surface area contributed by atoms with Crippen LogP contribution in [-0.4, -0.2) is 21.8 Å². The largest absolute Gasteiger partial charge is 0.507 e. The van der Waals surface area contributed by atoms with Gasteiger partial charge in [0.15, 0.2) is 0 Å². The van der Waals surface area contributed by atoms with E-state index in [9.17, 15) is 9.90 Å². The molecule has 0 radical (unpaired) electrons. The minimum atomic E-state index is -0.457. The first-order valence-electron chi connectivity index (χ1n) is 7.93. The lowest BCUT2D eigenvalue weighted by Crippen LogP contribution is -2.17. The number of hydrazone groups is 1. The number of nitrogens with zero attached hydrogens (tertiary/aromatic N) is 2. The highest BCUT2D eigenvalue weighted by Gasteiger charge is 2.12. The molecule has 0 saturated heterocycles. The highest BCUT2D eigenvalue weighted by atomic mass is 16.3. The maximum absolute atomic E-state index is 12.1. The topological polar surface area (TPSA) is 66.6 Å². The van der Waals surface area contributed by atoms with E-state index >= 15 is 0 Å². The Hall–Kier alpha value is -3.34. The number of rotatable bonds is 5. The number of hydrogen-bond donors (Lipinski definition) is 2. The van der Waals surface area contributed by atoms with Crippen molar-refractivity contribution >= 4 is 23.0 Å². The minimum absolute atomic E-state index is 0.0750. The molecule has 0 aliphatic heterocycles. The number of fused-ring (bicyclic) bond motifs is 1. The van der Waals surface area contributed by atoms with Gasteiger partial charge in [-0.05, 0) is 25.1 Å². The quantitative estimate of drug-likeness (QED) is 0.425. The van der Waals surface area contributed by atoms with E-state index in [-0.39, 0.29) is 11.3 Å². The highest BCUT2D eigenvalue weighted by molar-refractivity contribution is 6.02. The molecule has 0 aliphatic rings. The van der Waals surface area contributed by atoms with Crippen LogP contribution in [0.5, 0.6) is 5.75 Å². The number of carbonyl (C=O) groups is 1. The normalized spacial score (nSPS) is 11.1. The van der Waals surface area contributed by atoms with Crippen LogP contribution in [0.3, 0.4) is 0 Å². The standard InChI is InChI=1S/C20H19N3O2/c1-3-12-23-14(2)17(15-8-4-6-10-18(15)23)13-21-22-20(25)16-9-5-7-11-19(16)24/h3-11,13,24H,1,12H2,2H3,(H,22,25)/b21-13-. The molecule has 1 heterocycles. The van der Waals surface area contributed by atoms with E-state index in [1.54, 1.807) is 24.4 Å². The van der Waals surface area contributed by atoms with Gasteiger partial charge in [0.2, 0.25) is 0 Å². The van der Waals surface area contributed by atoms with Crippen LogP contribution in [0.1, 0.15) is 21.6 Å². The summed E-state index contributed by atoms with van der Waals surface area (Å²) in [6, 6.07) is 14.4. The molecule has 1 amide bonds. The van der Waals surface area contributed by atoms with Crippen LogP contribution < -0.4 is 5.43 Å². The average molecular weight is 333 g/mol. The molecule has 0 bridgehead atoms. The van der Waals surface area contributed by atoms with Gasteiger partial charge >= 0.3 is 0 Å². The molecule has 0 spiro atoms. The van der Waals surface area contributed by atoms with E-state index < -0.39 is 5.91 Å². The van der Waals surface area contributed by atoms with Gasteiger partial charge in [-0.2, -0.15) is 5.10 Å². The van der Waals surface area contributed by atoms with Crippen molar-refractivity contribution in [1.82, 2.24) is 9.99 Å². The summed E-state index contributed by atoms with van der Waals surface area (Å²) in [7, 11) is 0. The summed E-state index contributed by atoms with van der Waals surface area (Å²) in [6.45, 7) is 6.51. The molecular formula is C20H19N3O2. The molecule has 0 fully saturated rings. The number of carbonyl (C=O) groups excluding carboxylic acids is 1. The van der Waals surface area contributed by atoms with Gasteiger partial charge in [0.1, 0.15) is 5.75 Å². The van der Waals surface area contributed by atoms with Crippen LogP contribution in [0.2, 0.25) is 0 Å². The molecule has 3 rings (SSSR count). The lowest BCUT2D eigenvalue weighted by Gasteiger charge is -2.04. The van der Waals surface area contributed by atoms with Crippen LogP contribution in [0.4, 0.5) is 0 Å². The van der Waals surface area contributed by atoms with E-state index in [1.165, 1.54) is 6.07 Å². The third-order valence-electron chi connectivity index (χ3n) is 4.10. The van der Waals surface area contributed by atoms with Gasteiger partial charge in [-0.25, -0.2) is 5.43 Å². The Kier molecular flexibility index (Phi) is 4.66. The van der Waals surface area contributed by atoms with Crippen LogP contribution in [0, 0.1) is 6.92 Å². The first kappa shape index (κ1) is 16.5. The lowest BCUT2D eigenvalue weighted by atomic mass is 10.1. The summed E-state index contributed by atoms with van der Waals surface area (Å²) in [6.07, 6.45) is 3.48. The molecular weight excluding hydrogens is 314 g/mol. The van der Waals surface area contributed by atoms with Gasteiger partial charge in [-0.15, -0.1) is 6.58 Å². The highest BCUT2D eigenvalue weighted by Crippen LogP contribution is 2.24. The Bertz CT molecular complexity index is 970. The second-order valence-electron chi connectivity index (χ2n) is 5.63. The molecule has 126 valence electrons. The molecule has 3 aromatic rings. The molecule has 0 aliphatic carbocycles. The molecule has 1 aromatic heterocycles. The zero-order chi connectivity index (χ0) is 17.8. The van der Waals surface area contributed by atoms with E-state index in [2.05, 4.69) is 21.7 Å². The van der Waals surface area contributed by atoms with Crippen LogP contribution in [0.25, 0.3) is 10.9 Å². The fourth-order valence-corrected chi connectivity index (χ4v) is 2.87. The molecule has 5 nitrogen and oxygen atoms in total. The molecule has 2 aromatic carbocycles. The summed E-state index contributed by atoms with van der Waals surface area (Å²) in [5.41, 5.74) is 5.72. The Labute approximate surface area is 145 Å². The second kappa shape index (κ2) is 7.05. The summed E-state index contributed by atoms with van der Waals surface area (Å²) >= 11 is 0. The third-order valence-corrected chi connectivity index (χ3v) is 4.10. The number of aromatic hydroxyl groups is 1. The van der Waals surface area contributed by atoms with E-state index in [1.807, 2.05) is 37.3 Å². The van der Waals surface area contributed by atoms with Crippen molar-refractivity contribution < 1.29 is 9.90 Å². The number of phenols is 1. The van der Waals surface area contributed by atoms with Crippen LogP contribution in [-0.2, 0) is 6.54 Å². The average Bonchev–Trinajstić information content (AvgIpc) is 2.88. The zero-order valence-electron chi connectivity index (χ0n) is 13.9. The number of aromatic nitrogens is 1. The maximum Gasteiger partial charge on any atom is 0.275 e. The number of para-hydroxylation sites is 2. The molecule has 5 heteroatoms. The monoisotopic (exact) mass is 333 g/mol.